The summed E-state index contributed by atoms with van der Waals surface area (Å²) in [6, 6.07) is 17.8. The number of aromatic carboxylic acids is 1. The Bertz CT molecular complexity index is 1320. The quantitative estimate of drug-likeness (QED) is 0.337. The number of ether oxygens (including phenoxy) is 1. The van der Waals surface area contributed by atoms with E-state index in [9.17, 15) is 14.0 Å². The zero-order chi connectivity index (χ0) is 24.9. The molecule has 1 fully saturated rings. The van der Waals surface area contributed by atoms with Gasteiger partial charge in [0, 0.05) is 6.54 Å². The fourth-order valence-electron chi connectivity index (χ4n) is 3.28. The van der Waals surface area contributed by atoms with Crippen molar-refractivity contribution in [3.63, 3.8) is 0 Å². The minimum atomic E-state index is -1.01. The molecule has 1 aliphatic heterocycles. The molecule has 6 nitrogen and oxygen atoms in total. The normalized spacial score (nSPS) is 15.7. The Morgan fingerprint density at radius 2 is 1.86 bits per heavy atom. The Hall–Kier alpha value is -3.43. The summed E-state index contributed by atoms with van der Waals surface area (Å²) in [5.41, 5.74) is 2.40. The lowest BCUT2D eigenvalue weighted by atomic mass is 10.2. The predicted octanol–water partition coefficient (Wildman–Crippen LogP) is 6.49. The third-order valence-corrected chi connectivity index (χ3v) is 6.73. The number of amidine groups is 1. The number of hydrogen-bond acceptors (Lipinski definition) is 5. The number of hydrogen-bond donors (Lipinski definition) is 1. The summed E-state index contributed by atoms with van der Waals surface area (Å²) < 4.78 is 19.6. The van der Waals surface area contributed by atoms with Crippen LogP contribution in [0.25, 0.3) is 6.08 Å². The largest absolute Gasteiger partial charge is 0.488 e. The van der Waals surface area contributed by atoms with E-state index in [1.165, 1.54) is 36.0 Å². The summed E-state index contributed by atoms with van der Waals surface area (Å²) in [5, 5.41) is 9.59. The van der Waals surface area contributed by atoms with Crippen molar-refractivity contribution >= 4 is 56.5 Å². The Labute approximate surface area is 214 Å². The van der Waals surface area contributed by atoms with Gasteiger partial charge in [0.25, 0.3) is 5.91 Å². The van der Waals surface area contributed by atoms with Gasteiger partial charge in [0.1, 0.15) is 18.2 Å². The van der Waals surface area contributed by atoms with Crippen LogP contribution in [0.5, 0.6) is 5.75 Å². The van der Waals surface area contributed by atoms with Gasteiger partial charge in [0.2, 0.25) is 0 Å². The molecule has 0 bridgehead atoms. The number of carbonyl (C=O) groups excluding carboxylic acids is 1. The van der Waals surface area contributed by atoms with E-state index >= 15 is 0 Å². The smallest absolute Gasteiger partial charge is 0.335 e. The van der Waals surface area contributed by atoms with Crippen molar-refractivity contribution < 1.29 is 23.8 Å². The highest BCUT2D eigenvalue weighted by atomic mass is 79.9. The Morgan fingerprint density at radius 1 is 1.14 bits per heavy atom. The van der Waals surface area contributed by atoms with E-state index in [0.29, 0.717) is 34.7 Å². The van der Waals surface area contributed by atoms with Gasteiger partial charge in [-0.15, -0.1) is 0 Å². The number of carboxylic acids is 1. The van der Waals surface area contributed by atoms with E-state index in [-0.39, 0.29) is 17.3 Å². The topological polar surface area (TPSA) is 79.2 Å². The first-order valence-electron chi connectivity index (χ1n) is 10.6. The maximum Gasteiger partial charge on any atom is 0.335 e. The molecule has 1 aliphatic rings. The first-order valence-corrected chi connectivity index (χ1v) is 12.2. The van der Waals surface area contributed by atoms with Gasteiger partial charge in [0.05, 0.1) is 20.6 Å². The first kappa shape index (κ1) is 24.7. The molecule has 0 saturated carbocycles. The van der Waals surface area contributed by atoms with E-state index in [2.05, 4.69) is 20.9 Å². The number of benzene rings is 3. The number of halogens is 2. The van der Waals surface area contributed by atoms with E-state index in [0.717, 1.165) is 15.6 Å². The molecule has 4 rings (SSSR count). The zero-order valence-electron chi connectivity index (χ0n) is 18.6. The van der Waals surface area contributed by atoms with E-state index in [4.69, 9.17) is 9.84 Å². The van der Waals surface area contributed by atoms with Gasteiger partial charge in [-0.3, -0.25) is 9.69 Å². The van der Waals surface area contributed by atoms with Gasteiger partial charge in [-0.25, -0.2) is 14.2 Å². The van der Waals surface area contributed by atoms with Gasteiger partial charge in [-0.2, -0.15) is 0 Å². The summed E-state index contributed by atoms with van der Waals surface area (Å²) in [6.45, 7) is 2.62. The van der Waals surface area contributed by atoms with Crippen molar-refractivity contribution in [2.75, 3.05) is 6.54 Å². The molecule has 0 unspecified atom stereocenters. The fourth-order valence-corrected chi connectivity index (χ4v) is 4.85. The minimum Gasteiger partial charge on any atom is -0.488 e. The Morgan fingerprint density at radius 3 is 2.49 bits per heavy atom. The highest BCUT2D eigenvalue weighted by Crippen LogP contribution is 2.35. The molecule has 0 aromatic heterocycles. The molecule has 35 heavy (non-hydrogen) atoms. The Balaban J connectivity index is 1.50. The van der Waals surface area contributed by atoms with Gasteiger partial charge >= 0.3 is 5.97 Å². The molecular formula is C26H20BrFN2O4S. The number of aliphatic imine (C=N–C) groups is 1. The average Bonchev–Trinajstić information content (AvgIpc) is 3.13. The monoisotopic (exact) mass is 554 g/mol. The Kier molecular flexibility index (Phi) is 7.67. The van der Waals surface area contributed by atoms with Crippen molar-refractivity contribution in [2.24, 2.45) is 4.99 Å². The summed E-state index contributed by atoms with van der Waals surface area (Å²) >= 11 is 4.78. The van der Waals surface area contributed by atoms with Crippen LogP contribution in [0.15, 0.2) is 81.1 Å². The molecule has 1 N–H and O–H groups in total. The van der Waals surface area contributed by atoms with Crippen molar-refractivity contribution in [3.05, 3.63) is 98.6 Å². The highest BCUT2D eigenvalue weighted by Gasteiger charge is 2.32. The van der Waals surface area contributed by atoms with E-state index in [1.807, 2.05) is 19.1 Å². The number of thioether (sulfide) groups is 1. The lowest BCUT2D eigenvalue weighted by Crippen LogP contribution is -2.28. The van der Waals surface area contributed by atoms with Crippen LogP contribution in [-0.2, 0) is 11.4 Å². The summed E-state index contributed by atoms with van der Waals surface area (Å²) in [4.78, 5) is 30.6. The molecule has 1 amide bonds. The van der Waals surface area contributed by atoms with Gasteiger partial charge in [0.15, 0.2) is 5.17 Å². The molecule has 0 radical (unpaired) electrons. The maximum absolute atomic E-state index is 13.1. The van der Waals surface area contributed by atoms with Crippen LogP contribution in [0.3, 0.4) is 0 Å². The van der Waals surface area contributed by atoms with Crippen molar-refractivity contribution in [3.8, 4) is 5.75 Å². The van der Waals surface area contributed by atoms with Crippen LogP contribution in [-0.4, -0.2) is 33.6 Å². The molecule has 178 valence electrons. The number of carboxylic acid groups (broad SMARTS) is 1. The minimum absolute atomic E-state index is 0.147. The first-order chi connectivity index (χ1) is 16.8. The highest BCUT2D eigenvalue weighted by molar-refractivity contribution is 9.10. The fraction of sp³-hybridized carbons (Fsp3) is 0.115. The molecule has 0 atom stereocenters. The predicted molar refractivity (Wildman–Crippen MR) is 138 cm³/mol. The summed E-state index contributed by atoms with van der Waals surface area (Å²) in [6.07, 6.45) is 1.79. The van der Waals surface area contributed by atoms with Crippen LogP contribution in [0.1, 0.15) is 28.4 Å². The molecular weight excluding hydrogens is 535 g/mol. The molecule has 1 heterocycles. The van der Waals surface area contributed by atoms with Gasteiger partial charge in [-0.1, -0.05) is 18.2 Å². The average molecular weight is 555 g/mol. The maximum atomic E-state index is 13.1. The van der Waals surface area contributed by atoms with Crippen LogP contribution in [0.4, 0.5) is 10.1 Å². The molecule has 3 aromatic rings. The third-order valence-electron chi connectivity index (χ3n) is 5.10. The molecule has 9 heteroatoms. The molecule has 1 saturated heterocycles. The number of carbonyl (C=O) groups is 2. The van der Waals surface area contributed by atoms with Crippen molar-refractivity contribution in [1.82, 2.24) is 4.90 Å². The summed E-state index contributed by atoms with van der Waals surface area (Å²) in [7, 11) is 0. The zero-order valence-corrected chi connectivity index (χ0v) is 21.0. The summed E-state index contributed by atoms with van der Waals surface area (Å²) in [5.74, 6) is -0.819. The number of amides is 1. The lowest BCUT2D eigenvalue weighted by Gasteiger charge is -2.12. The van der Waals surface area contributed by atoms with Crippen LogP contribution in [0, 0.1) is 5.82 Å². The van der Waals surface area contributed by atoms with Crippen molar-refractivity contribution in [1.29, 1.82) is 0 Å². The van der Waals surface area contributed by atoms with E-state index in [1.54, 1.807) is 41.3 Å². The van der Waals surface area contributed by atoms with Gasteiger partial charge < -0.3 is 9.84 Å². The number of likely N-dealkylation sites (N-methyl/N-ethyl adjacent to an activating group) is 1. The van der Waals surface area contributed by atoms with E-state index < -0.39 is 5.97 Å². The standard InChI is InChI=1S/C26H20BrFN2O4S/c1-2-30-24(31)23(35-26(30)29-20-10-6-18(7-11-20)25(32)33)14-17-5-12-22(21(27)13-17)34-15-16-3-8-19(28)9-4-16/h3-14H,2,15H2,1H3,(H,32,33)/b23-14-,29-26?. The number of nitrogens with zero attached hydrogens (tertiary/aromatic N) is 2. The third kappa shape index (κ3) is 5.98. The van der Waals surface area contributed by atoms with Crippen LogP contribution >= 0.6 is 27.7 Å². The lowest BCUT2D eigenvalue weighted by molar-refractivity contribution is -0.122. The second-order valence-corrected chi connectivity index (χ2v) is 9.37. The number of rotatable bonds is 7. The van der Waals surface area contributed by atoms with Crippen LogP contribution in [0.2, 0.25) is 0 Å². The second-order valence-electron chi connectivity index (χ2n) is 7.51. The second kappa shape index (κ2) is 10.9. The van der Waals surface area contributed by atoms with Crippen molar-refractivity contribution in [2.45, 2.75) is 13.5 Å². The van der Waals surface area contributed by atoms with Crippen LogP contribution < -0.4 is 4.74 Å². The molecule has 3 aromatic carbocycles. The molecule has 0 spiro atoms. The molecule has 0 aliphatic carbocycles. The van der Waals surface area contributed by atoms with Gasteiger partial charge in [-0.05, 0) is 100 Å². The SMILES string of the molecule is CCN1C(=O)/C(=C/c2ccc(OCc3ccc(F)cc3)c(Br)c2)SC1=Nc1ccc(C(=O)O)cc1.